The highest BCUT2D eigenvalue weighted by molar-refractivity contribution is 7.91. The SMILES string of the molecule is Cl.O=S(=O)(c1ccccc1)c1n[nH]c2cccc(N3CCNCC3)c12. The number of piperazine rings is 1. The van der Waals surface area contributed by atoms with Crippen LogP contribution in [0.2, 0.25) is 0 Å². The number of nitrogens with one attached hydrogen (secondary N) is 2. The number of hydrogen-bond acceptors (Lipinski definition) is 5. The van der Waals surface area contributed by atoms with E-state index in [0.717, 1.165) is 37.4 Å². The third-order valence-electron chi connectivity index (χ3n) is 4.30. The molecule has 0 radical (unpaired) electrons. The first-order valence-electron chi connectivity index (χ1n) is 7.91. The van der Waals surface area contributed by atoms with Crippen LogP contribution >= 0.6 is 12.4 Å². The zero-order chi connectivity index (χ0) is 16.6. The minimum Gasteiger partial charge on any atom is -0.368 e. The molecule has 0 spiro atoms. The lowest BCUT2D eigenvalue weighted by atomic mass is 10.2. The average Bonchev–Trinajstić information content (AvgIpc) is 3.08. The van der Waals surface area contributed by atoms with Crippen molar-refractivity contribution in [2.75, 3.05) is 31.1 Å². The Morgan fingerprint density at radius 3 is 2.40 bits per heavy atom. The van der Waals surface area contributed by atoms with Gasteiger partial charge in [-0.15, -0.1) is 12.4 Å². The molecular weight excluding hydrogens is 360 g/mol. The average molecular weight is 379 g/mol. The van der Waals surface area contributed by atoms with Crippen LogP contribution in [0.3, 0.4) is 0 Å². The Balaban J connectivity index is 0.00000182. The molecule has 0 atom stereocenters. The number of hydrogen-bond donors (Lipinski definition) is 2. The van der Waals surface area contributed by atoms with Crippen LogP contribution in [-0.2, 0) is 9.84 Å². The van der Waals surface area contributed by atoms with Gasteiger partial charge in [-0.3, -0.25) is 5.10 Å². The maximum absolute atomic E-state index is 13.0. The van der Waals surface area contributed by atoms with E-state index in [9.17, 15) is 8.42 Å². The lowest BCUT2D eigenvalue weighted by Gasteiger charge is -2.30. The van der Waals surface area contributed by atoms with Gasteiger partial charge >= 0.3 is 0 Å². The monoisotopic (exact) mass is 378 g/mol. The van der Waals surface area contributed by atoms with E-state index < -0.39 is 9.84 Å². The first-order valence-corrected chi connectivity index (χ1v) is 9.39. The van der Waals surface area contributed by atoms with Crippen molar-refractivity contribution < 1.29 is 8.42 Å². The number of H-pyrrole nitrogens is 1. The van der Waals surface area contributed by atoms with Gasteiger partial charge in [0.05, 0.1) is 15.8 Å². The van der Waals surface area contributed by atoms with Gasteiger partial charge < -0.3 is 10.2 Å². The second-order valence-corrected chi connectivity index (χ2v) is 7.65. The van der Waals surface area contributed by atoms with Crippen molar-refractivity contribution in [3.05, 3.63) is 48.5 Å². The normalized spacial score (nSPS) is 15.1. The zero-order valence-corrected chi connectivity index (χ0v) is 15.1. The van der Waals surface area contributed by atoms with E-state index in [4.69, 9.17) is 0 Å². The van der Waals surface area contributed by atoms with Gasteiger partial charge in [0.15, 0.2) is 5.03 Å². The van der Waals surface area contributed by atoms with Gasteiger partial charge in [0.25, 0.3) is 0 Å². The molecule has 8 heteroatoms. The fraction of sp³-hybridized carbons (Fsp3) is 0.235. The molecule has 2 heterocycles. The molecule has 1 aliphatic rings. The predicted octanol–water partition coefficient (Wildman–Crippen LogP) is 2.23. The molecule has 1 saturated heterocycles. The lowest BCUT2D eigenvalue weighted by molar-refractivity contribution is 0.588. The molecule has 1 fully saturated rings. The second-order valence-electron chi connectivity index (χ2n) is 5.78. The Morgan fingerprint density at radius 2 is 1.68 bits per heavy atom. The van der Waals surface area contributed by atoms with Crippen LogP contribution in [0.4, 0.5) is 5.69 Å². The summed E-state index contributed by atoms with van der Waals surface area (Å²) >= 11 is 0. The van der Waals surface area contributed by atoms with E-state index in [2.05, 4.69) is 20.4 Å². The summed E-state index contributed by atoms with van der Waals surface area (Å²) in [5, 5.41) is 11.1. The van der Waals surface area contributed by atoms with Gasteiger partial charge in [0.1, 0.15) is 0 Å². The summed E-state index contributed by atoms with van der Waals surface area (Å²) in [6.07, 6.45) is 0. The van der Waals surface area contributed by atoms with E-state index >= 15 is 0 Å². The molecule has 0 amide bonds. The van der Waals surface area contributed by atoms with E-state index in [1.54, 1.807) is 30.3 Å². The summed E-state index contributed by atoms with van der Waals surface area (Å²) in [5.41, 5.74) is 1.65. The highest BCUT2D eigenvalue weighted by atomic mass is 35.5. The van der Waals surface area contributed by atoms with Crippen molar-refractivity contribution in [2.45, 2.75) is 9.92 Å². The molecule has 6 nitrogen and oxygen atoms in total. The van der Waals surface area contributed by atoms with Crippen molar-refractivity contribution >= 4 is 38.8 Å². The number of sulfone groups is 1. The van der Waals surface area contributed by atoms with Crippen LogP contribution in [-0.4, -0.2) is 44.8 Å². The number of aromatic nitrogens is 2. The summed E-state index contributed by atoms with van der Waals surface area (Å²) < 4.78 is 26.1. The Bertz CT molecular complexity index is 967. The van der Waals surface area contributed by atoms with Crippen LogP contribution in [0.25, 0.3) is 10.9 Å². The largest absolute Gasteiger partial charge is 0.368 e. The number of halogens is 1. The topological polar surface area (TPSA) is 78.1 Å². The van der Waals surface area contributed by atoms with Crippen molar-refractivity contribution in [1.29, 1.82) is 0 Å². The highest BCUT2D eigenvalue weighted by Gasteiger charge is 2.26. The molecule has 0 saturated carbocycles. The van der Waals surface area contributed by atoms with Crippen LogP contribution in [0.5, 0.6) is 0 Å². The number of anilines is 1. The van der Waals surface area contributed by atoms with Crippen molar-refractivity contribution in [1.82, 2.24) is 15.5 Å². The van der Waals surface area contributed by atoms with Gasteiger partial charge in [-0.25, -0.2) is 8.42 Å². The summed E-state index contributed by atoms with van der Waals surface area (Å²) in [6.45, 7) is 3.45. The second kappa shape index (κ2) is 7.03. The molecule has 2 aromatic carbocycles. The molecule has 0 unspecified atom stereocenters. The maximum Gasteiger partial charge on any atom is 0.226 e. The van der Waals surface area contributed by atoms with Gasteiger partial charge in [0.2, 0.25) is 9.84 Å². The van der Waals surface area contributed by atoms with Crippen LogP contribution in [0.1, 0.15) is 0 Å². The first-order chi connectivity index (χ1) is 11.7. The van der Waals surface area contributed by atoms with Gasteiger partial charge in [-0.05, 0) is 24.3 Å². The number of benzene rings is 2. The van der Waals surface area contributed by atoms with Crippen molar-refractivity contribution in [3.8, 4) is 0 Å². The molecule has 4 rings (SSSR count). The summed E-state index contributed by atoms with van der Waals surface area (Å²) in [4.78, 5) is 2.46. The molecule has 132 valence electrons. The number of nitrogens with zero attached hydrogens (tertiary/aromatic N) is 2. The molecule has 1 aliphatic heterocycles. The first kappa shape index (κ1) is 17.7. The summed E-state index contributed by atoms with van der Waals surface area (Å²) in [7, 11) is -3.67. The number of fused-ring (bicyclic) bond motifs is 1. The summed E-state index contributed by atoms with van der Waals surface area (Å²) in [5.74, 6) is 0. The van der Waals surface area contributed by atoms with Gasteiger partial charge in [0, 0.05) is 31.9 Å². The van der Waals surface area contributed by atoms with Gasteiger partial charge in [-0.1, -0.05) is 24.3 Å². The quantitative estimate of drug-likeness (QED) is 0.730. The van der Waals surface area contributed by atoms with Crippen molar-refractivity contribution in [2.24, 2.45) is 0 Å². The molecule has 0 bridgehead atoms. The third kappa shape index (κ3) is 3.10. The number of rotatable bonds is 3. The molecule has 3 aromatic rings. The highest BCUT2D eigenvalue weighted by Crippen LogP contribution is 2.33. The van der Waals surface area contributed by atoms with Crippen molar-refractivity contribution in [3.63, 3.8) is 0 Å². The molecule has 0 aliphatic carbocycles. The lowest BCUT2D eigenvalue weighted by Crippen LogP contribution is -2.43. The van der Waals surface area contributed by atoms with E-state index in [0.29, 0.717) is 5.39 Å². The van der Waals surface area contributed by atoms with Gasteiger partial charge in [-0.2, -0.15) is 5.10 Å². The Morgan fingerprint density at radius 1 is 0.960 bits per heavy atom. The Hall–Kier alpha value is -2.09. The maximum atomic E-state index is 13.0. The summed E-state index contributed by atoms with van der Waals surface area (Å²) in [6, 6.07) is 14.2. The smallest absolute Gasteiger partial charge is 0.226 e. The minimum absolute atomic E-state index is 0. The standard InChI is InChI=1S/C17H18N4O2S.ClH/c22-24(23,13-5-2-1-3-6-13)17-16-14(19-20-17)7-4-8-15(16)21-11-9-18-10-12-21;/h1-8,18H,9-12H2,(H,19,20);1H. The third-order valence-corrected chi connectivity index (χ3v) is 6.00. The zero-order valence-electron chi connectivity index (χ0n) is 13.5. The predicted molar refractivity (Wildman–Crippen MR) is 100 cm³/mol. The fourth-order valence-electron chi connectivity index (χ4n) is 3.10. The molecule has 25 heavy (non-hydrogen) atoms. The molecule has 2 N–H and O–H groups in total. The van der Waals surface area contributed by atoms with Crippen LogP contribution in [0.15, 0.2) is 58.5 Å². The van der Waals surface area contributed by atoms with Crippen LogP contribution in [0, 0.1) is 0 Å². The fourth-order valence-corrected chi connectivity index (χ4v) is 4.49. The molecule has 1 aromatic heterocycles. The Labute approximate surface area is 152 Å². The number of aromatic amines is 1. The van der Waals surface area contributed by atoms with E-state index in [1.165, 1.54) is 0 Å². The Kier molecular flexibility index (Phi) is 4.99. The van der Waals surface area contributed by atoms with E-state index in [-0.39, 0.29) is 22.3 Å². The van der Waals surface area contributed by atoms with E-state index in [1.807, 2.05) is 18.2 Å². The van der Waals surface area contributed by atoms with Crippen LogP contribution < -0.4 is 10.2 Å². The minimum atomic E-state index is -3.67. The molecular formula is C17H19ClN4O2S.